The summed E-state index contributed by atoms with van der Waals surface area (Å²) in [5, 5.41) is 3.51. The second-order valence-electron chi connectivity index (χ2n) is 6.05. The topological polar surface area (TPSA) is 12.0 Å². The van der Waals surface area contributed by atoms with Crippen molar-refractivity contribution in [2.45, 2.75) is 39.0 Å². The van der Waals surface area contributed by atoms with E-state index in [4.69, 9.17) is 0 Å². The number of rotatable bonds is 3. The Labute approximate surface area is 122 Å². The highest BCUT2D eigenvalue weighted by Gasteiger charge is 2.12. The van der Waals surface area contributed by atoms with E-state index >= 15 is 0 Å². The number of hydrogen-bond acceptors (Lipinski definition) is 1. The van der Waals surface area contributed by atoms with Gasteiger partial charge in [-0.25, -0.2) is 0 Å². The van der Waals surface area contributed by atoms with E-state index in [9.17, 15) is 0 Å². The average Bonchev–Trinajstić information content (AvgIpc) is 2.48. The summed E-state index contributed by atoms with van der Waals surface area (Å²) in [6.07, 6.45) is 3.50. The summed E-state index contributed by atoms with van der Waals surface area (Å²) in [7, 11) is 0. The van der Waals surface area contributed by atoms with E-state index in [0.717, 1.165) is 13.0 Å². The van der Waals surface area contributed by atoms with Crippen LogP contribution in [0, 0.1) is 0 Å². The van der Waals surface area contributed by atoms with Gasteiger partial charge in [-0.05, 0) is 53.5 Å². The van der Waals surface area contributed by atoms with Crippen molar-refractivity contribution in [3.05, 3.63) is 64.7 Å². The molecule has 0 spiro atoms. The van der Waals surface area contributed by atoms with Crippen molar-refractivity contribution < 1.29 is 0 Å². The third kappa shape index (κ3) is 2.72. The lowest BCUT2D eigenvalue weighted by Gasteiger charge is -2.21. The number of nitrogens with one attached hydrogen (secondary N) is 1. The zero-order chi connectivity index (χ0) is 13.9. The number of anilines is 1. The Hall–Kier alpha value is -1.76. The van der Waals surface area contributed by atoms with E-state index in [1.54, 1.807) is 0 Å². The van der Waals surface area contributed by atoms with Gasteiger partial charge in [0.1, 0.15) is 0 Å². The number of benzene rings is 2. The molecule has 2 aromatic rings. The first-order chi connectivity index (χ1) is 9.74. The smallest absolute Gasteiger partial charge is 0.0375 e. The molecule has 1 nitrogen and oxygen atoms in total. The molecule has 0 unspecified atom stereocenters. The molecule has 3 rings (SSSR count). The predicted molar refractivity (Wildman–Crippen MR) is 86.6 cm³/mol. The Kier molecular flexibility index (Phi) is 3.77. The third-order valence-corrected chi connectivity index (χ3v) is 4.23. The first-order valence-electron chi connectivity index (χ1n) is 7.67. The van der Waals surface area contributed by atoms with Crippen molar-refractivity contribution >= 4 is 5.69 Å². The molecule has 104 valence electrons. The van der Waals surface area contributed by atoms with Gasteiger partial charge < -0.3 is 5.32 Å². The third-order valence-electron chi connectivity index (χ3n) is 4.23. The lowest BCUT2D eigenvalue weighted by molar-refractivity contribution is 0.819. The molecular formula is C19H23N. The first-order valence-corrected chi connectivity index (χ1v) is 7.67. The van der Waals surface area contributed by atoms with Crippen molar-refractivity contribution in [1.29, 1.82) is 0 Å². The molecule has 0 saturated heterocycles. The molecule has 0 atom stereocenters. The molecule has 20 heavy (non-hydrogen) atoms. The minimum Gasteiger partial charge on any atom is -0.385 e. The van der Waals surface area contributed by atoms with Crippen LogP contribution in [0.4, 0.5) is 5.69 Å². The molecule has 0 bridgehead atoms. The predicted octanol–water partition coefficient (Wildman–Crippen LogP) is 4.76. The molecular weight excluding hydrogens is 242 g/mol. The monoisotopic (exact) mass is 265 g/mol. The van der Waals surface area contributed by atoms with Crippen molar-refractivity contribution in [1.82, 2.24) is 0 Å². The minimum atomic E-state index is 0.609. The van der Waals surface area contributed by atoms with Crippen LogP contribution in [0.25, 0.3) is 0 Å². The maximum absolute atomic E-state index is 3.51. The molecule has 1 heteroatoms. The lowest BCUT2D eigenvalue weighted by Crippen LogP contribution is -2.13. The Morgan fingerprint density at radius 2 is 1.85 bits per heavy atom. The van der Waals surface area contributed by atoms with Crippen molar-refractivity contribution in [2.75, 3.05) is 11.9 Å². The van der Waals surface area contributed by atoms with E-state index in [-0.39, 0.29) is 0 Å². The van der Waals surface area contributed by atoms with Gasteiger partial charge in [-0.15, -0.1) is 0 Å². The van der Waals surface area contributed by atoms with Gasteiger partial charge in [0.2, 0.25) is 0 Å². The lowest BCUT2D eigenvalue weighted by atomic mass is 9.92. The Morgan fingerprint density at radius 1 is 1.05 bits per heavy atom. The molecule has 0 fully saturated rings. The fraction of sp³-hybridized carbons (Fsp3) is 0.368. The Morgan fingerprint density at radius 3 is 2.60 bits per heavy atom. The largest absolute Gasteiger partial charge is 0.385 e. The van der Waals surface area contributed by atoms with Gasteiger partial charge in [0.25, 0.3) is 0 Å². The highest BCUT2D eigenvalue weighted by molar-refractivity contribution is 5.57. The zero-order valence-electron chi connectivity index (χ0n) is 12.4. The van der Waals surface area contributed by atoms with Crippen LogP contribution in [0.5, 0.6) is 0 Å². The zero-order valence-corrected chi connectivity index (χ0v) is 12.4. The fourth-order valence-corrected chi connectivity index (χ4v) is 2.99. The molecule has 1 N–H and O–H groups in total. The Bertz CT molecular complexity index is 581. The summed E-state index contributed by atoms with van der Waals surface area (Å²) in [6.45, 7) is 5.60. The molecule has 0 radical (unpaired) electrons. The maximum atomic E-state index is 3.51. The van der Waals surface area contributed by atoms with Gasteiger partial charge in [-0.3, -0.25) is 0 Å². The van der Waals surface area contributed by atoms with E-state index in [0.29, 0.717) is 5.92 Å². The number of hydrogen-bond donors (Lipinski definition) is 1. The van der Waals surface area contributed by atoms with Gasteiger partial charge in [0.05, 0.1) is 0 Å². The molecule has 0 amide bonds. The second kappa shape index (κ2) is 5.70. The summed E-state index contributed by atoms with van der Waals surface area (Å²) in [5.74, 6) is 0.609. The van der Waals surface area contributed by atoms with Crippen molar-refractivity contribution in [2.24, 2.45) is 0 Å². The van der Waals surface area contributed by atoms with E-state index in [1.165, 1.54) is 40.8 Å². The van der Waals surface area contributed by atoms with Crippen molar-refractivity contribution in [3.8, 4) is 0 Å². The molecule has 0 aromatic heterocycles. The van der Waals surface area contributed by atoms with Crippen LogP contribution in [0.15, 0.2) is 42.5 Å². The molecule has 1 aliphatic rings. The Balaban J connectivity index is 1.84. The van der Waals surface area contributed by atoms with Crippen LogP contribution < -0.4 is 5.32 Å². The van der Waals surface area contributed by atoms with Gasteiger partial charge in [0, 0.05) is 12.2 Å². The minimum absolute atomic E-state index is 0.609. The standard InChI is InChI=1S/C19H23N/c1-14(2)16-10-8-15(9-11-16)13-17-5-3-7-19-18(17)6-4-12-20-19/h3,5,7-11,14,20H,4,6,12-13H2,1-2H3. The quantitative estimate of drug-likeness (QED) is 0.843. The van der Waals surface area contributed by atoms with E-state index in [2.05, 4.69) is 61.6 Å². The van der Waals surface area contributed by atoms with Gasteiger partial charge in [-0.2, -0.15) is 0 Å². The summed E-state index contributed by atoms with van der Waals surface area (Å²) in [5.41, 5.74) is 7.17. The number of fused-ring (bicyclic) bond motifs is 1. The van der Waals surface area contributed by atoms with E-state index in [1.807, 2.05) is 0 Å². The highest BCUT2D eigenvalue weighted by Crippen LogP contribution is 2.27. The summed E-state index contributed by atoms with van der Waals surface area (Å²) in [4.78, 5) is 0. The summed E-state index contributed by atoms with van der Waals surface area (Å²) in [6, 6.07) is 15.8. The van der Waals surface area contributed by atoms with E-state index < -0.39 is 0 Å². The normalized spacial score (nSPS) is 13.9. The van der Waals surface area contributed by atoms with Crippen LogP contribution in [0.3, 0.4) is 0 Å². The van der Waals surface area contributed by atoms with Crippen LogP contribution >= 0.6 is 0 Å². The van der Waals surface area contributed by atoms with Crippen LogP contribution in [-0.4, -0.2) is 6.54 Å². The van der Waals surface area contributed by atoms with Crippen molar-refractivity contribution in [3.63, 3.8) is 0 Å². The van der Waals surface area contributed by atoms with Crippen LogP contribution in [0.2, 0.25) is 0 Å². The molecule has 1 heterocycles. The fourth-order valence-electron chi connectivity index (χ4n) is 2.99. The van der Waals surface area contributed by atoms with Crippen LogP contribution in [-0.2, 0) is 12.8 Å². The molecule has 2 aromatic carbocycles. The van der Waals surface area contributed by atoms with Gasteiger partial charge in [-0.1, -0.05) is 50.2 Å². The second-order valence-corrected chi connectivity index (χ2v) is 6.05. The maximum Gasteiger partial charge on any atom is 0.0375 e. The molecule has 0 saturated carbocycles. The molecule has 0 aliphatic carbocycles. The molecule has 1 aliphatic heterocycles. The van der Waals surface area contributed by atoms with Gasteiger partial charge >= 0.3 is 0 Å². The highest BCUT2D eigenvalue weighted by atomic mass is 14.9. The SMILES string of the molecule is CC(C)c1ccc(Cc2cccc3c2CCCN3)cc1. The average molecular weight is 265 g/mol. The summed E-state index contributed by atoms with van der Waals surface area (Å²) < 4.78 is 0. The van der Waals surface area contributed by atoms with Crippen LogP contribution in [0.1, 0.15) is 48.4 Å². The summed E-state index contributed by atoms with van der Waals surface area (Å²) >= 11 is 0. The first kappa shape index (κ1) is 13.2. The van der Waals surface area contributed by atoms with Gasteiger partial charge in [0.15, 0.2) is 0 Å².